The summed E-state index contributed by atoms with van der Waals surface area (Å²) in [5.41, 5.74) is 5.00. The van der Waals surface area contributed by atoms with Gasteiger partial charge in [-0.05, 0) is 44.4 Å². The largest absolute Gasteiger partial charge is 0.361 e. The molecule has 3 N–H and O–H groups in total. The van der Waals surface area contributed by atoms with E-state index in [-0.39, 0.29) is 24.0 Å². The lowest BCUT2D eigenvalue weighted by Crippen LogP contribution is -2.39. The molecule has 3 aromatic rings. The third-order valence-electron chi connectivity index (χ3n) is 4.61. The number of benzene rings is 1. The maximum Gasteiger partial charge on any atom is 0.191 e. The number of aliphatic imine (C=N–C) groups is 1. The molecule has 0 saturated heterocycles. The van der Waals surface area contributed by atoms with Gasteiger partial charge in [0.1, 0.15) is 0 Å². The molecule has 27 heavy (non-hydrogen) atoms. The van der Waals surface area contributed by atoms with E-state index in [2.05, 4.69) is 70.8 Å². The van der Waals surface area contributed by atoms with Gasteiger partial charge in [0.05, 0.1) is 10.7 Å². The van der Waals surface area contributed by atoms with Crippen LogP contribution in [0.3, 0.4) is 0 Å². The molecule has 146 valence electrons. The maximum atomic E-state index is 4.58. The van der Waals surface area contributed by atoms with E-state index in [1.54, 1.807) is 11.3 Å². The third kappa shape index (κ3) is 5.44. The second kappa shape index (κ2) is 10.1. The minimum atomic E-state index is 0. The van der Waals surface area contributed by atoms with Crippen molar-refractivity contribution in [3.63, 3.8) is 0 Å². The van der Waals surface area contributed by atoms with E-state index in [9.17, 15) is 0 Å². The van der Waals surface area contributed by atoms with Crippen molar-refractivity contribution in [3.8, 4) is 0 Å². The molecule has 5 nitrogen and oxygen atoms in total. The molecule has 7 heteroatoms. The fraction of sp³-hybridized carbons (Fsp3) is 0.400. The first-order chi connectivity index (χ1) is 12.6. The summed E-state index contributed by atoms with van der Waals surface area (Å²) in [6, 6.07) is 6.38. The van der Waals surface area contributed by atoms with Crippen molar-refractivity contribution in [1.29, 1.82) is 0 Å². The second-order valence-electron chi connectivity index (χ2n) is 6.49. The van der Waals surface area contributed by atoms with Crippen molar-refractivity contribution in [2.45, 2.75) is 33.6 Å². The lowest BCUT2D eigenvalue weighted by Gasteiger charge is -2.11. The van der Waals surface area contributed by atoms with Crippen molar-refractivity contribution in [2.24, 2.45) is 4.99 Å². The Balaban J connectivity index is 0.00000261. The van der Waals surface area contributed by atoms with E-state index in [4.69, 9.17) is 0 Å². The van der Waals surface area contributed by atoms with Gasteiger partial charge in [0.2, 0.25) is 0 Å². The highest BCUT2D eigenvalue weighted by atomic mass is 127. The monoisotopic (exact) mass is 497 g/mol. The SMILES string of the molecule is CN=C(NCCc1nc(C)c(C)s1)NCCc1c[nH]c2cccc(C)c12.I. The Morgan fingerprint density at radius 2 is 1.89 bits per heavy atom. The molecule has 0 bridgehead atoms. The number of rotatable bonds is 6. The summed E-state index contributed by atoms with van der Waals surface area (Å²) in [5.74, 6) is 0.839. The molecule has 2 aromatic heterocycles. The standard InChI is InChI=1S/C20H27N5S.HI/c1-13-6-5-7-17-19(13)16(12-24-17)8-10-22-20(21-4)23-11-9-18-25-14(2)15(3)26-18;/h5-7,12,24H,8-11H2,1-4H3,(H2,21,22,23);1H. The number of thiazole rings is 1. The van der Waals surface area contributed by atoms with E-state index in [0.717, 1.165) is 37.6 Å². The summed E-state index contributed by atoms with van der Waals surface area (Å²) in [4.78, 5) is 13.6. The van der Waals surface area contributed by atoms with Crippen LogP contribution in [0.25, 0.3) is 10.9 Å². The molecule has 0 aliphatic carbocycles. The van der Waals surface area contributed by atoms with E-state index in [0.29, 0.717) is 0 Å². The molecule has 0 radical (unpaired) electrons. The summed E-state index contributed by atoms with van der Waals surface area (Å²) in [7, 11) is 1.81. The van der Waals surface area contributed by atoms with Crippen molar-refractivity contribution in [3.05, 3.63) is 51.1 Å². The normalized spacial score (nSPS) is 11.5. The number of hydrogen-bond acceptors (Lipinski definition) is 3. The van der Waals surface area contributed by atoms with Crippen LogP contribution in [0.15, 0.2) is 29.4 Å². The van der Waals surface area contributed by atoms with Crippen molar-refractivity contribution in [1.82, 2.24) is 20.6 Å². The van der Waals surface area contributed by atoms with Crippen LogP contribution in [0.2, 0.25) is 0 Å². The molecule has 1 aromatic carbocycles. The first kappa shape index (κ1) is 21.7. The number of nitrogens with one attached hydrogen (secondary N) is 3. The highest BCUT2D eigenvalue weighted by Crippen LogP contribution is 2.22. The number of aromatic nitrogens is 2. The summed E-state index contributed by atoms with van der Waals surface area (Å²) >= 11 is 1.78. The third-order valence-corrected chi connectivity index (χ3v) is 5.74. The second-order valence-corrected chi connectivity index (χ2v) is 7.77. The smallest absolute Gasteiger partial charge is 0.191 e. The van der Waals surface area contributed by atoms with Crippen molar-refractivity contribution in [2.75, 3.05) is 20.1 Å². The first-order valence-electron chi connectivity index (χ1n) is 9.01. The summed E-state index contributed by atoms with van der Waals surface area (Å²) in [5, 5.41) is 9.29. The topological polar surface area (TPSA) is 65.1 Å². The molecular weight excluding hydrogens is 469 g/mol. The Bertz CT molecular complexity index is 893. The minimum absolute atomic E-state index is 0. The lowest BCUT2D eigenvalue weighted by atomic mass is 10.1. The first-order valence-corrected chi connectivity index (χ1v) is 9.83. The average Bonchev–Trinajstić information content (AvgIpc) is 3.18. The van der Waals surface area contributed by atoms with E-state index in [1.807, 2.05) is 7.05 Å². The number of H-pyrrole nitrogens is 1. The van der Waals surface area contributed by atoms with E-state index >= 15 is 0 Å². The van der Waals surface area contributed by atoms with Gasteiger partial charge in [0.25, 0.3) is 0 Å². The van der Waals surface area contributed by atoms with Crippen LogP contribution in [0.4, 0.5) is 0 Å². The number of fused-ring (bicyclic) bond motifs is 1. The zero-order chi connectivity index (χ0) is 18.5. The molecular formula is C20H28IN5S. The lowest BCUT2D eigenvalue weighted by molar-refractivity contribution is 0.782. The molecule has 0 saturated carbocycles. The summed E-state index contributed by atoms with van der Waals surface area (Å²) in [6.07, 6.45) is 3.99. The van der Waals surface area contributed by atoms with Gasteiger partial charge in [-0.15, -0.1) is 35.3 Å². The van der Waals surface area contributed by atoms with Crippen LogP contribution in [0, 0.1) is 20.8 Å². The Morgan fingerprint density at radius 1 is 1.15 bits per heavy atom. The van der Waals surface area contributed by atoms with Crippen LogP contribution in [-0.4, -0.2) is 36.1 Å². The van der Waals surface area contributed by atoms with Gasteiger partial charge in [0.15, 0.2) is 5.96 Å². The Labute approximate surface area is 182 Å². The number of aromatic amines is 1. The number of hydrogen-bond donors (Lipinski definition) is 3. The molecule has 0 aliphatic heterocycles. The zero-order valence-corrected chi connectivity index (χ0v) is 19.5. The van der Waals surface area contributed by atoms with Crippen LogP contribution in [0.5, 0.6) is 0 Å². The molecule has 0 amide bonds. The van der Waals surface area contributed by atoms with Crippen LogP contribution < -0.4 is 10.6 Å². The van der Waals surface area contributed by atoms with Crippen LogP contribution >= 0.6 is 35.3 Å². The van der Waals surface area contributed by atoms with Gasteiger partial charge < -0.3 is 15.6 Å². The number of aryl methyl sites for hydroxylation is 3. The van der Waals surface area contributed by atoms with Gasteiger partial charge in [-0.2, -0.15) is 0 Å². The molecule has 0 spiro atoms. The quantitative estimate of drug-likeness (QED) is 0.273. The van der Waals surface area contributed by atoms with Gasteiger partial charge in [0, 0.05) is 48.5 Å². The van der Waals surface area contributed by atoms with Crippen molar-refractivity contribution >= 4 is 52.2 Å². The van der Waals surface area contributed by atoms with Crippen LogP contribution in [-0.2, 0) is 12.8 Å². The van der Waals surface area contributed by atoms with Crippen molar-refractivity contribution < 1.29 is 0 Å². The molecule has 3 rings (SSSR count). The fourth-order valence-electron chi connectivity index (χ4n) is 3.12. The molecule has 0 atom stereocenters. The molecule has 2 heterocycles. The maximum absolute atomic E-state index is 4.58. The van der Waals surface area contributed by atoms with Crippen LogP contribution in [0.1, 0.15) is 26.7 Å². The molecule has 0 aliphatic rings. The zero-order valence-electron chi connectivity index (χ0n) is 16.3. The Kier molecular flexibility index (Phi) is 8.09. The Hall–Kier alpha value is -1.61. The number of guanidine groups is 1. The Morgan fingerprint density at radius 3 is 2.56 bits per heavy atom. The highest BCUT2D eigenvalue weighted by Gasteiger charge is 2.07. The van der Waals surface area contributed by atoms with E-state index in [1.165, 1.54) is 31.9 Å². The fourth-order valence-corrected chi connectivity index (χ4v) is 4.05. The van der Waals surface area contributed by atoms with Gasteiger partial charge >= 0.3 is 0 Å². The van der Waals surface area contributed by atoms with Gasteiger partial charge in [-0.3, -0.25) is 4.99 Å². The summed E-state index contributed by atoms with van der Waals surface area (Å²) < 4.78 is 0. The predicted molar refractivity (Wildman–Crippen MR) is 127 cm³/mol. The number of halogens is 1. The van der Waals surface area contributed by atoms with E-state index < -0.39 is 0 Å². The molecule has 0 unspecified atom stereocenters. The minimum Gasteiger partial charge on any atom is -0.361 e. The van der Waals surface area contributed by atoms with Gasteiger partial charge in [-0.25, -0.2) is 4.98 Å². The average molecular weight is 497 g/mol. The molecule has 0 fully saturated rings. The highest BCUT2D eigenvalue weighted by molar-refractivity contribution is 14.0. The summed E-state index contributed by atoms with van der Waals surface area (Å²) in [6.45, 7) is 8.02. The van der Waals surface area contributed by atoms with Gasteiger partial charge in [-0.1, -0.05) is 12.1 Å². The predicted octanol–water partition coefficient (Wildman–Crippen LogP) is 4.12. The number of nitrogens with zero attached hydrogens (tertiary/aromatic N) is 2.